The standard InChI is InChI=1S/C17H15N3O/c1-2-8-19-13-20-16-6-4-5-15(16)12-18-9-7-14-11-17(14)21-10-3-1/h1-10,12-13,15H,11H2/b2-1-,9-7+,10-3+,18-12+,19-8+,20-13+. The maximum absolute atomic E-state index is 5.46. The highest BCUT2D eigenvalue weighted by atomic mass is 16.5. The fourth-order valence-electron chi connectivity index (χ4n) is 1.88. The second kappa shape index (κ2) is 6.61. The van der Waals surface area contributed by atoms with Crippen LogP contribution in [-0.4, -0.2) is 18.8 Å². The molecule has 0 saturated carbocycles. The van der Waals surface area contributed by atoms with Crippen LogP contribution in [0.2, 0.25) is 0 Å². The van der Waals surface area contributed by atoms with Gasteiger partial charge < -0.3 is 4.74 Å². The molecule has 21 heavy (non-hydrogen) atoms. The summed E-state index contributed by atoms with van der Waals surface area (Å²) in [5.74, 6) is 1.10. The van der Waals surface area contributed by atoms with Crippen LogP contribution in [-0.2, 0) is 4.74 Å². The van der Waals surface area contributed by atoms with Crippen molar-refractivity contribution >= 4 is 18.8 Å². The molecule has 0 aromatic heterocycles. The second-order valence-corrected chi connectivity index (χ2v) is 4.62. The highest BCUT2D eigenvalue weighted by molar-refractivity contribution is 5.81. The Labute approximate surface area is 123 Å². The third-order valence-electron chi connectivity index (χ3n) is 3.08. The molecule has 104 valence electrons. The predicted octanol–water partition coefficient (Wildman–Crippen LogP) is 3.50. The lowest BCUT2D eigenvalue weighted by atomic mass is 10.1. The molecule has 1 aliphatic heterocycles. The maximum atomic E-state index is 5.46. The summed E-state index contributed by atoms with van der Waals surface area (Å²) in [6.07, 6.45) is 22.9. The molecule has 1 unspecified atom stereocenters. The van der Waals surface area contributed by atoms with Gasteiger partial charge >= 0.3 is 0 Å². The molecular weight excluding hydrogens is 262 g/mol. The first kappa shape index (κ1) is 13.2. The van der Waals surface area contributed by atoms with Gasteiger partial charge in [-0.15, -0.1) is 0 Å². The Bertz CT molecular complexity index is 670. The third-order valence-corrected chi connectivity index (χ3v) is 3.08. The van der Waals surface area contributed by atoms with E-state index >= 15 is 0 Å². The fourth-order valence-corrected chi connectivity index (χ4v) is 1.88. The van der Waals surface area contributed by atoms with Crippen molar-refractivity contribution < 1.29 is 4.74 Å². The van der Waals surface area contributed by atoms with E-state index in [4.69, 9.17) is 4.74 Å². The van der Waals surface area contributed by atoms with E-state index in [1.54, 1.807) is 25.0 Å². The number of nitrogens with zero attached hydrogens (tertiary/aromatic N) is 3. The number of hydrogen-bond acceptors (Lipinski definition) is 4. The minimum atomic E-state index is 0.109. The zero-order valence-corrected chi connectivity index (χ0v) is 11.5. The summed E-state index contributed by atoms with van der Waals surface area (Å²) in [4.78, 5) is 12.7. The van der Waals surface area contributed by atoms with Crippen LogP contribution in [0.15, 0.2) is 87.0 Å². The molecule has 3 rings (SSSR count). The minimum Gasteiger partial charge on any atom is -0.469 e. The predicted molar refractivity (Wildman–Crippen MR) is 86.3 cm³/mol. The van der Waals surface area contributed by atoms with Crippen LogP contribution in [0.1, 0.15) is 6.42 Å². The van der Waals surface area contributed by atoms with Crippen LogP contribution in [0.5, 0.6) is 0 Å². The van der Waals surface area contributed by atoms with Crippen molar-refractivity contribution in [2.45, 2.75) is 6.42 Å². The van der Waals surface area contributed by atoms with Crippen molar-refractivity contribution in [3.05, 3.63) is 72.0 Å². The number of rotatable bonds is 0. The zero-order valence-electron chi connectivity index (χ0n) is 11.5. The van der Waals surface area contributed by atoms with Crippen LogP contribution in [0.25, 0.3) is 0 Å². The Hall–Kier alpha value is -2.75. The van der Waals surface area contributed by atoms with Crippen molar-refractivity contribution in [2.75, 3.05) is 0 Å². The van der Waals surface area contributed by atoms with Crippen molar-refractivity contribution in [1.29, 1.82) is 0 Å². The van der Waals surface area contributed by atoms with Crippen molar-refractivity contribution in [3.63, 3.8) is 0 Å². The Morgan fingerprint density at radius 3 is 3.10 bits per heavy atom. The third kappa shape index (κ3) is 3.86. The van der Waals surface area contributed by atoms with Crippen molar-refractivity contribution in [1.82, 2.24) is 0 Å². The van der Waals surface area contributed by atoms with Gasteiger partial charge in [0.1, 0.15) is 12.1 Å². The number of ether oxygens (including phenoxy) is 1. The topological polar surface area (TPSA) is 46.3 Å². The van der Waals surface area contributed by atoms with Gasteiger partial charge in [-0.2, -0.15) is 0 Å². The SMILES string of the molecule is C1=CC2/C=N/C=C/C3=C(C3)O/C=C/C=C\C=N\C=N\C2=C1. The van der Waals surface area contributed by atoms with Crippen LogP contribution in [0.4, 0.5) is 0 Å². The maximum Gasteiger partial charge on any atom is 0.115 e. The highest BCUT2D eigenvalue weighted by Gasteiger charge is 2.19. The Balaban J connectivity index is 1.76. The number of hydrogen-bond donors (Lipinski definition) is 0. The van der Waals surface area contributed by atoms with Crippen molar-refractivity contribution in [2.24, 2.45) is 20.9 Å². The lowest BCUT2D eigenvalue weighted by molar-refractivity contribution is 0.371. The summed E-state index contributed by atoms with van der Waals surface area (Å²) in [5, 5.41) is 0. The van der Waals surface area contributed by atoms with E-state index in [0.717, 1.165) is 17.9 Å². The molecule has 1 atom stereocenters. The van der Waals surface area contributed by atoms with E-state index in [-0.39, 0.29) is 5.92 Å². The molecule has 1 heterocycles. The summed E-state index contributed by atoms with van der Waals surface area (Å²) in [7, 11) is 0. The largest absolute Gasteiger partial charge is 0.469 e. The smallest absolute Gasteiger partial charge is 0.115 e. The monoisotopic (exact) mass is 277 g/mol. The van der Waals surface area contributed by atoms with E-state index in [0.29, 0.717) is 0 Å². The van der Waals surface area contributed by atoms with Gasteiger partial charge in [-0.25, -0.2) is 9.98 Å². The number of aliphatic imine (C=N–C) groups is 3. The van der Waals surface area contributed by atoms with Crippen LogP contribution in [0.3, 0.4) is 0 Å². The van der Waals surface area contributed by atoms with Crippen LogP contribution in [0, 0.1) is 5.92 Å². The summed E-state index contributed by atoms with van der Waals surface area (Å²) < 4.78 is 5.46. The molecule has 4 nitrogen and oxygen atoms in total. The molecule has 0 aromatic carbocycles. The van der Waals surface area contributed by atoms with Gasteiger partial charge in [0, 0.05) is 25.0 Å². The van der Waals surface area contributed by atoms with Gasteiger partial charge in [0.15, 0.2) is 0 Å². The number of fused-ring (bicyclic) bond motifs is 1. The average Bonchev–Trinajstić information content (AvgIpc) is 3.08. The van der Waals surface area contributed by atoms with E-state index in [1.807, 2.05) is 42.7 Å². The molecule has 0 radical (unpaired) electrons. The van der Waals surface area contributed by atoms with E-state index < -0.39 is 0 Å². The van der Waals surface area contributed by atoms with Gasteiger partial charge in [0.25, 0.3) is 0 Å². The molecule has 0 aromatic rings. The molecule has 2 aliphatic carbocycles. The molecule has 0 fully saturated rings. The Morgan fingerprint density at radius 2 is 2.10 bits per heavy atom. The first-order valence-corrected chi connectivity index (χ1v) is 6.78. The molecule has 0 N–H and O–H groups in total. The number of allylic oxidation sites excluding steroid dienone is 9. The summed E-state index contributed by atoms with van der Waals surface area (Å²) in [5.41, 5.74) is 2.12. The van der Waals surface area contributed by atoms with Crippen molar-refractivity contribution in [3.8, 4) is 0 Å². The lowest BCUT2D eigenvalue weighted by Gasteiger charge is -2.01. The van der Waals surface area contributed by atoms with Gasteiger partial charge in [0.05, 0.1) is 17.9 Å². The van der Waals surface area contributed by atoms with Crippen LogP contribution >= 0.6 is 0 Å². The minimum absolute atomic E-state index is 0.109. The molecule has 0 bridgehead atoms. The zero-order chi connectivity index (χ0) is 14.3. The molecule has 4 heteroatoms. The molecule has 0 amide bonds. The quantitative estimate of drug-likeness (QED) is 0.668. The van der Waals surface area contributed by atoms with E-state index in [2.05, 4.69) is 21.1 Å². The van der Waals surface area contributed by atoms with E-state index in [1.165, 1.54) is 5.57 Å². The highest BCUT2D eigenvalue weighted by Crippen LogP contribution is 2.33. The van der Waals surface area contributed by atoms with E-state index in [9.17, 15) is 0 Å². The molecule has 0 saturated heterocycles. The second-order valence-electron chi connectivity index (χ2n) is 4.62. The lowest BCUT2D eigenvalue weighted by Crippen LogP contribution is -1.97. The van der Waals surface area contributed by atoms with Gasteiger partial charge in [-0.05, 0) is 29.9 Å². The van der Waals surface area contributed by atoms with Gasteiger partial charge in [-0.1, -0.05) is 18.2 Å². The molecule has 0 spiro atoms. The first-order chi connectivity index (χ1) is 10.4. The summed E-state index contributed by atoms with van der Waals surface area (Å²) >= 11 is 0. The summed E-state index contributed by atoms with van der Waals surface area (Å²) in [6, 6.07) is 0. The molecule has 3 aliphatic rings. The Kier molecular flexibility index (Phi) is 4.17. The first-order valence-electron chi connectivity index (χ1n) is 6.78. The fraction of sp³-hybridized carbons (Fsp3) is 0.118. The normalized spacial score (nSPS) is 32.8. The average molecular weight is 277 g/mol. The van der Waals surface area contributed by atoms with Gasteiger partial charge in [0.2, 0.25) is 0 Å². The van der Waals surface area contributed by atoms with Crippen LogP contribution < -0.4 is 0 Å². The summed E-state index contributed by atoms with van der Waals surface area (Å²) in [6.45, 7) is 0. The Morgan fingerprint density at radius 1 is 1.10 bits per heavy atom. The molecular formula is C17H15N3O. The van der Waals surface area contributed by atoms with Gasteiger partial charge in [-0.3, -0.25) is 4.99 Å².